The highest BCUT2D eigenvalue weighted by Crippen LogP contribution is 2.37. The molecule has 1 aliphatic heterocycles. The Kier molecular flexibility index (Phi) is 3.24. The van der Waals surface area contributed by atoms with Crippen molar-refractivity contribution in [3.8, 4) is 5.88 Å². The van der Waals surface area contributed by atoms with Gasteiger partial charge in [-0.1, -0.05) is 0 Å². The van der Waals surface area contributed by atoms with Crippen molar-refractivity contribution in [3.63, 3.8) is 0 Å². The number of aliphatic hydroxyl groups is 3. The molecule has 0 aliphatic carbocycles. The number of aliphatic hydroxyl groups excluding tert-OH is 2. The second-order valence-electron chi connectivity index (χ2n) is 4.68. The zero-order valence-electron chi connectivity index (χ0n) is 10.5. The summed E-state index contributed by atoms with van der Waals surface area (Å²) < 4.78 is 6.53. The summed E-state index contributed by atoms with van der Waals surface area (Å²) in [4.78, 5) is 11.3. The molecule has 4 atom stereocenters. The molecule has 1 fully saturated rings. The molecule has 1 aliphatic rings. The minimum Gasteiger partial charge on any atom is -0.492 e. The Labute approximate surface area is 122 Å². The van der Waals surface area contributed by atoms with Gasteiger partial charge in [-0.25, -0.2) is 4.98 Å². The molecule has 6 N–H and O–H groups in total. The van der Waals surface area contributed by atoms with Crippen LogP contribution in [0.3, 0.4) is 0 Å². The Morgan fingerprint density at radius 2 is 2.19 bits per heavy atom. The van der Waals surface area contributed by atoms with Gasteiger partial charge in [0.15, 0.2) is 23.1 Å². The van der Waals surface area contributed by atoms with Crippen molar-refractivity contribution in [2.24, 2.45) is 5.73 Å². The summed E-state index contributed by atoms with van der Waals surface area (Å²) in [5.74, 6) is -0.443. The van der Waals surface area contributed by atoms with Gasteiger partial charge in [-0.3, -0.25) is 10.3 Å². The molecule has 2 aromatic heterocycles. The van der Waals surface area contributed by atoms with Gasteiger partial charge in [-0.05, 0) is 11.6 Å². The van der Waals surface area contributed by atoms with E-state index in [2.05, 4.69) is 15.0 Å². The van der Waals surface area contributed by atoms with Gasteiger partial charge in [-0.2, -0.15) is 9.97 Å². The maximum atomic E-state index is 10.2. The van der Waals surface area contributed by atoms with Crippen molar-refractivity contribution < 1.29 is 25.2 Å². The van der Waals surface area contributed by atoms with Gasteiger partial charge >= 0.3 is 0 Å². The number of hydrogen-bond acceptors (Lipinski definition) is 9. The SMILES string of the molecule is N[C@@]1(O)[C@H](O)[C@@H](CO)O[C@H]1n1cnc2c(O)nc(Cl)nc21. The maximum Gasteiger partial charge on any atom is 0.244 e. The number of nitrogens with zero attached hydrogens (tertiary/aromatic N) is 4. The molecule has 0 saturated carbocycles. The molecule has 11 heteroatoms. The molecule has 2 aromatic rings. The zero-order valence-corrected chi connectivity index (χ0v) is 11.2. The standard InChI is InChI=1S/C10H12ClN5O5/c11-9-14-6-4(7(19)15-9)13-2-16(6)8-10(12,20)5(18)3(1-17)21-8/h2-3,5,8,17-18,20H,1,12H2,(H,14,15,19)/t3-,5-,8-,10-/m1/s1. The van der Waals surface area contributed by atoms with Crippen LogP contribution < -0.4 is 5.73 Å². The highest BCUT2D eigenvalue weighted by molar-refractivity contribution is 6.28. The zero-order chi connectivity index (χ0) is 15.4. The summed E-state index contributed by atoms with van der Waals surface area (Å²) in [5.41, 5.74) is 3.58. The summed E-state index contributed by atoms with van der Waals surface area (Å²) in [7, 11) is 0. The second kappa shape index (κ2) is 4.73. The molecule has 21 heavy (non-hydrogen) atoms. The van der Waals surface area contributed by atoms with E-state index in [1.807, 2.05) is 0 Å². The van der Waals surface area contributed by atoms with Gasteiger partial charge in [0.2, 0.25) is 11.2 Å². The number of imidazole rings is 1. The molecule has 0 radical (unpaired) electrons. The molecule has 0 bridgehead atoms. The first-order valence-corrected chi connectivity index (χ1v) is 6.28. The first kappa shape index (κ1) is 14.4. The van der Waals surface area contributed by atoms with E-state index in [0.717, 1.165) is 0 Å². The number of ether oxygens (including phenoxy) is 1. The van der Waals surface area contributed by atoms with E-state index < -0.39 is 36.6 Å². The quantitative estimate of drug-likeness (QED) is 0.314. The minimum atomic E-state index is -2.19. The summed E-state index contributed by atoms with van der Waals surface area (Å²) in [5, 5.41) is 38.6. The van der Waals surface area contributed by atoms with Gasteiger partial charge in [-0.15, -0.1) is 0 Å². The Morgan fingerprint density at radius 3 is 2.81 bits per heavy atom. The van der Waals surface area contributed by atoms with Crippen LogP contribution in [0, 0.1) is 0 Å². The third kappa shape index (κ3) is 2.04. The molecule has 10 nitrogen and oxygen atoms in total. The van der Waals surface area contributed by atoms with Crippen molar-refractivity contribution in [3.05, 3.63) is 11.6 Å². The van der Waals surface area contributed by atoms with E-state index in [9.17, 15) is 15.3 Å². The predicted octanol–water partition coefficient (Wildman–Crippen LogP) is -1.92. The third-order valence-electron chi connectivity index (χ3n) is 3.33. The van der Waals surface area contributed by atoms with E-state index in [4.69, 9.17) is 27.2 Å². The number of nitrogens with two attached hydrogens (primary N) is 1. The topological polar surface area (TPSA) is 160 Å². The molecule has 3 heterocycles. The lowest BCUT2D eigenvalue weighted by Crippen LogP contribution is -2.54. The highest BCUT2D eigenvalue weighted by Gasteiger charge is 2.54. The van der Waals surface area contributed by atoms with Crippen LogP contribution in [-0.2, 0) is 4.74 Å². The molecule has 0 amide bonds. The van der Waals surface area contributed by atoms with Gasteiger partial charge in [0, 0.05) is 0 Å². The van der Waals surface area contributed by atoms with Crippen molar-refractivity contribution in [1.29, 1.82) is 0 Å². The molecule has 0 unspecified atom stereocenters. The average Bonchev–Trinajstić information content (AvgIpc) is 2.91. The molecule has 0 aromatic carbocycles. The lowest BCUT2D eigenvalue weighted by atomic mass is 10.1. The van der Waals surface area contributed by atoms with Crippen LogP contribution in [0.25, 0.3) is 11.2 Å². The van der Waals surface area contributed by atoms with E-state index in [-0.39, 0.29) is 16.4 Å². The second-order valence-corrected chi connectivity index (χ2v) is 5.02. The number of fused-ring (bicyclic) bond motifs is 1. The van der Waals surface area contributed by atoms with Gasteiger partial charge < -0.3 is 25.2 Å². The van der Waals surface area contributed by atoms with E-state index in [1.54, 1.807) is 0 Å². The summed E-state index contributed by atoms with van der Waals surface area (Å²) in [6.07, 6.45) is -2.67. The van der Waals surface area contributed by atoms with Gasteiger partial charge in [0.1, 0.15) is 12.2 Å². The normalized spacial score (nSPS) is 32.9. The number of aromatic nitrogens is 4. The van der Waals surface area contributed by atoms with E-state index in [0.29, 0.717) is 0 Å². The van der Waals surface area contributed by atoms with E-state index >= 15 is 0 Å². The number of hydrogen-bond donors (Lipinski definition) is 5. The largest absolute Gasteiger partial charge is 0.492 e. The predicted molar refractivity (Wildman–Crippen MR) is 68.1 cm³/mol. The Balaban J connectivity index is 2.13. The Bertz CT molecular complexity index is 692. The smallest absolute Gasteiger partial charge is 0.244 e. The fourth-order valence-corrected chi connectivity index (χ4v) is 2.43. The number of rotatable bonds is 2. The lowest BCUT2D eigenvalue weighted by molar-refractivity contribution is -0.103. The van der Waals surface area contributed by atoms with Crippen molar-refractivity contribution in [2.75, 3.05) is 6.61 Å². The minimum absolute atomic E-state index is 0.0285. The first-order chi connectivity index (χ1) is 9.86. The van der Waals surface area contributed by atoms with Crippen LogP contribution in [0.5, 0.6) is 5.88 Å². The monoisotopic (exact) mass is 317 g/mol. The average molecular weight is 318 g/mol. The van der Waals surface area contributed by atoms with Crippen LogP contribution in [0.4, 0.5) is 0 Å². The fourth-order valence-electron chi connectivity index (χ4n) is 2.27. The number of aromatic hydroxyl groups is 1. The van der Waals surface area contributed by atoms with Crippen LogP contribution in [0.1, 0.15) is 6.23 Å². The fraction of sp³-hybridized carbons (Fsp3) is 0.500. The molecule has 3 rings (SSSR count). The highest BCUT2D eigenvalue weighted by atomic mass is 35.5. The van der Waals surface area contributed by atoms with Crippen LogP contribution >= 0.6 is 11.6 Å². The van der Waals surface area contributed by atoms with E-state index in [1.165, 1.54) is 10.9 Å². The maximum absolute atomic E-state index is 10.2. The first-order valence-electron chi connectivity index (χ1n) is 5.91. The third-order valence-corrected chi connectivity index (χ3v) is 3.50. The Morgan fingerprint density at radius 1 is 1.48 bits per heavy atom. The Hall–Kier alpha value is -1.56. The van der Waals surface area contributed by atoms with Crippen LogP contribution in [0.15, 0.2) is 6.33 Å². The molecule has 0 spiro atoms. The summed E-state index contributed by atoms with van der Waals surface area (Å²) in [6, 6.07) is 0. The summed E-state index contributed by atoms with van der Waals surface area (Å²) in [6.45, 7) is -0.537. The van der Waals surface area contributed by atoms with Gasteiger partial charge in [0.25, 0.3) is 0 Å². The number of halogens is 1. The van der Waals surface area contributed by atoms with Crippen molar-refractivity contribution in [1.82, 2.24) is 19.5 Å². The summed E-state index contributed by atoms with van der Waals surface area (Å²) >= 11 is 5.67. The van der Waals surface area contributed by atoms with Crippen LogP contribution in [-0.4, -0.2) is 64.5 Å². The van der Waals surface area contributed by atoms with Crippen LogP contribution in [0.2, 0.25) is 5.28 Å². The lowest BCUT2D eigenvalue weighted by Gasteiger charge is -2.26. The van der Waals surface area contributed by atoms with Gasteiger partial charge in [0.05, 0.1) is 12.9 Å². The molecule has 114 valence electrons. The van der Waals surface area contributed by atoms with Crippen molar-refractivity contribution in [2.45, 2.75) is 24.2 Å². The molecular weight excluding hydrogens is 306 g/mol. The molecular formula is C10H12ClN5O5. The molecule has 1 saturated heterocycles. The van der Waals surface area contributed by atoms with Crippen molar-refractivity contribution >= 4 is 22.8 Å².